The molecule has 0 heterocycles. The van der Waals surface area contributed by atoms with E-state index in [9.17, 15) is 0 Å². The molecule has 0 aromatic rings. The van der Waals surface area contributed by atoms with Crippen molar-refractivity contribution in [3.63, 3.8) is 0 Å². The van der Waals surface area contributed by atoms with Gasteiger partial charge in [-0.15, -0.1) is 31.2 Å². The molecule has 0 atom stereocenters. The maximum atomic E-state index is 3.31. The van der Waals surface area contributed by atoms with Crippen LogP contribution in [-0.4, -0.2) is 12.1 Å². The van der Waals surface area contributed by atoms with Gasteiger partial charge in [0.15, 0.2) is 0 Å². The van der Waals surface area contributed by atoms with Gasteiger partial charge >= 0.3 is 0 Å². The first-order chi connectivity index (χ1) is 5.63. The third-order valence-electron chi connectivity index (χ3n) is 1.25. The quantitative estimate of drug-likeness (QED) is 0.605. The van der Waals surface area contributed by atoms with E-state index in [0.29, 0.717) is 12.1 Å². The van der Waals surface area contributed by atoms with E-state index in [1.807, 2.05) is 12.2 Å². The predicted molar refractivity (Wildman–Crippen MR) is 69.5 cm³/mol. The van der Waals surface area contributed by atoms with Crippen LogP contribution in [0.3, 0.4) is 0 Å². The van der Waals surface area contributed by atoms with E-state index >= 15 is 0 Å². The van der Waals surface area contributed by atoms with E-state index in [4.69, 9.17) is 0 Å². The number of hydrogen-bond acceptors (Lipinski definition) is 1. The topological polar surface area (TPSA) is 12.0 Å². The average molecular weight is 287 g/mol. The van der Waals surface area contributed by atoms with Crippen LogP contribution in [0, 0.1) is 6.08 Å². The minimum absolute atomic E-state index is 0. The maximum absolute atomic E-state index is 3.31. The molecule has 1 nitrogen and oxygen atoms in total. The molecule has 0 saturated carbocycles. The zero-order valence-corrected chi connectivity index (χ0v) is 13.1. The zero-order chi connectivity index (χ0) is 9.40. The summed E-state index contributed by atoms with van der Waals surface area (Å²) in [6.07, 6.45) is 10.0. The molecule has 90 valence electrons. The van der Waals surface area contributed by atoms with Gasteiger partial charge in [0, 0.05) is 33.8 Å². The number of allylic oxidation sites excluding steroid dienone is 4. The Morgan fingerprint density at radius 3 is 1.60 bits per heavy atom. The summed E-state index contributed by atoms with van der Waals surface area (Å²) in [4.78, 5) is 0. The standard InChI is InChI=1S/C6H15N.C5H5.2ClH.Ti/c1-5(2)7-6(3)4;1-2-4-5-3-1;;;/h5-7H,1-4H3;1-3H,4H2;2*1H;/q;-1;;;. The Morgan fingerprint density at radius 2 is 1.53 bits per heavy atom. The van der Waals surface area contributed by atoms with Gasteiger partial charge in [-0.2, -0.15) is 6.08 Å². The molecule has 1 aliphatic carbocycles. The van der Waals surface area contributed by atoms with Crippen molar-refractivity contribution in [3.8, 4) is 0 Å². The van der Waals surface area contributed by atoms with E-state index in [1.165, 1.54) is 0 Å². The van der Waals surface area contributed by atoms with Crippen molar-refractivity contribution in [1.29, 1.82) is 0 Å². The molecule has 0 saturated heterocycles. The third kappa shape index (κ3) is 25.2. The van der Waals surface area contributed by atoms with Gasteiger partial charge in [0.2, 0.25) is 0 Å². The van der Waals surface area contributed by atoms with Gasteiger partial charge in [0.05, 0.1) is 0 Å². The summed E-state index contributed by atoms with van der Waals surface area (Å²) >= 11 is 0. The smallest absolute Gasteiger partial charge is 0.00127 e. The number of hydrogen-bond donors (Lipinski definition) is 1. The van der Waals surface area contributed by atoms with Crippen molar-refractivity contribution >= 4 is 24.8 Å². The Bertz CT molecular complexity index is 141. The Kier molecular flexibility index (Phi) is 28.3. The predicted octanol–water partition coefficient (Wildman–Crippen LogP) is 3.54. The van der Waals surface area contributed by atoms with Crippen LogP contribution in [-0.2, 0) is 21.7 Å². The van der Waals surface area contributed by atoms with Crippen LogP contribution >= 0.6 is 24.8 Å². The monoisotopic (exact) mass is 286 g/mol. The molecule has 0 amide bonds. The molecule has 0 aromatic carbocycles. The van der Waals surface area contributed by atoms with Crippen molar-refractivity contribution in [3.05, 3.63) is 24.3 Å². The summed E-state index contributed by atoms with van der Waals surface area (Å²) < 4.78 is 0. The molecule has 1 rings (SSSR count). The normalized spacial score (nSPS) is 11.1. The SMILES string of the molecule is CC(C)NC(C)C.Cl.Cl.[C-]1=CC=CC1.[Ti]. The molecule has 15 heavy (non-hydrogen) atoms. The van der Waals surface area contributed by atoms with Crippen LogP contribution in [0.5, 0.6) is 0 Å². The summed E-state index contributed by atoms with van der Waals surface area (Å²) in [6, 6.07) is 1.25. The molecule has 1 aliphatic rings. The first kappa shape index (κ1) is 24.8. The van der Waals surface area contributed by atoms with Gasteiger partial charge in [0.25, 0.3) is 0 Å². The number of nitrogens with one attached hydrogen (secondary N) is 1. The summed E-state index contributed by atoms with van der Waals surface area (Å²) in [5.41, 5.74) is 0. The second-order valence-electron chi connectivity index (χ2n) is 3.48. The van der Waals surface area contributed by atoms with Gasteiger partial charge in [-0.3, -0.25) is 6.08 Å². The first-order valence-electron chi connectivity index (χ1n) is 4.60. The molecule has 0 spiro atoms. The molecule has 0 aliphatic heterocycles. The molecular weight excluding hydrogens is 265 g/mol. The summed E-state index contributed by atoms with van der Waals surface area (Å²) in [7, 11) is 0. The van der Waals surface area contributed by atoms with Crippen molar-refractivity contribution in [2.45, 2.75) is 46.2 Å². The minimum Gasteiger partial charge on any atom is -0.312 e. The van der Waals surface area contributed by atoms with Gasteiger partial charge in [0.1, 0.15) is 0 Å². The maximum Gasteiger partial charge on any atom is 0.00127 e. The van der Waals surface area contributed by atoms with Crippen LogP contribution in [0.2, 0.25) is 0 Å². The molecule has 0 bridgehead atoms. The van der Waals surface area contributed by atoms with E-state index in [-0.39, 0.29) is 46.5 Å². The summed E-state index contributed by atoms with van der Waals surface area (Å²) in [5, 5.41) is 3.31. The molecular formula is C11H22Cl2NTi-. The van der Waals surface area contributed by atoms with E-state index in [1.54, 1.807) is 0 Å². The van der Waals surface area contributed by atoms with Gasteiger partial charge in [-0.25, -0.2) is 12.2 Å². The van der Waals surface area contributed by atoms with Crippen molar-refractivity contribution < 1.29 is 21.7 Å². The van der Waals surface area contributed by atoms with Gasteiger partial charge < -0.3 is 5.32 Å². The zero-order valence-electron chi connectivity index (χ0n) is 9.91. The average Bonchev–Trinajstić information content (AvgIpc) is 2.36. The molecule has 0 aromatic heterocycles. The summed E-state index contributed by atoms with van der Waals surface area (Å²) in [6.45, 7) is 8.61. The van der Waals surface area contributed by atoms with E-state index in [0.717, 1.165) is 6.42 Å². The van der Waals surface area contributed by atoms with Crippen LogP contribution in [0.15, 0.2) is 18.2 Å². The van der Waals surface area contributed by atoms with Crippen LogP contribution < -0.4 is 5.32 Å². The Labute approximate surface area is 122 Å². The third-order valence-corrected chi connectivity index (χ3v) is 1.25. The molecule has 4 heteroatoms. The molecule has 0 unspecified atom stereocenters. The second kappa shape index (κ2) is 17.1. The minimum atomic E-state index is 0. The van der Waals surface area contributed by atoms with Crippen molar-refractivity contribution in [2.75, 3.05) is 0 Å². The van der Waals surface area contributed by atoms with E-state index in [2.05, 4.69) is 45.2 Å². The van der Waals surface area contributed by atoms with E-state index < -0.39 is 0 Å². The van der Waals surface area contributed by atoms with Crippen LogP contribution in [0.4, 0.5) is 0 Å². The Hall–Kier alpha value is 0.734. The number of rotatable bonds is 2. The Balaban J connectivity index is -0.0000000687. The molecule has 0 radical (unpaired) electrons. The fraction of sp³-hybridized carbons (Fsp3) is 0.636. The first-order valence-corrected chi connectivity index (χ1v) is 4.60. The van der Waals surface area contributed by atoms with Crippen molar-refractivity contribution in [1.82, 2.24) is 5.32 Å². The van der Waals surface area contributed by atoms with Gasteiger partial charge in [-0.1, -0.05) is 27.7 Å². The summed E-state index contributed by atoms with van der Waals surface area (Å²) in [5.74, 6) is 0. The van der Waals surface area contributed by atoms with Gasteiger partial charge in [-0.05, 0) is 0 Å². The van der Waals surface area contributed by atoms with Crippen LogP contribution in [0.25, 0.3) is 0 Å². The van der Waals surface area contributed by atoms with Crippen molar-refractivity contribution in [2.24, 2.45) is 0 Å². The fourth-order valence-corrected chi connectivity index (χ4v) is 1.01. The molecule has 0 fully saturated rings. The largest absolute Gasteiger partial charge is 0.312 e. The molecule has 1 N–H and O–H groups in total. The Morgan fingerprint density at radius 1 is 1.07 bits per heavy atom. The van der Waals surface area contributed by atoms with Crippen LogP contribution in [0.1, 0.15) is 34.1 Å². The number of halogens is 2. The second-order valence-corrected chi connectivity index (χ2v) is 3.48. The fourth-order valence-electron chi connectivity index (χ4n) is 1.01.